The van der Waals surface area contributed by atoms with Crippen molar-refractivity contribution in [2.75, 3.05) is 13.2 Å². The van der Waals surface area contributed by atoms with Gasteiger partial charge in [0.1, 0.15) is 0 Å². The number of hydrogen-bond acceptors (Lipinski definition) is 5. The van der Waals surface area contributed by atoms with Crippen molar-refractivity contribution in [1.29, 1.82) is 0 Å². The quantitative estimate of drug-likeness (QED) is 0.799. The molecule has 5 nitrogen and oxygen atoms in total. The molecule has 84 valence electrons. The first-order chi connectivity index (χ1) is 7.29. The lowest BCUT2D eigenvalue weighted by Crippen LogP contribution is -2.11. The number of hydrogen-bond donors (Lipinski definition) is 1. The van der Waals surface area contributed by atoms with E-state index in [1.165, 1.54) is 0 Å². The highest BCUT2D eigenvalue weighted by Gasteiger charge is 2.20. The van der Waals surface area contributed by atoms with Crippen LogP contribution in [0, 0.1) is 0 Å². The minimum absolute atomic E-state index is 0.159. The number of rotatable bonds is 4. The van der Waals surface area contributed by atoms with Crippen LogP contribution in [0.2, 0.25) is 0 Å². The Kier molecular flexibility index (Phi) is 3.33. The summed E-state index contributed by atoms with van der Waals surface area (Å²) in [6, 6.07) is 0. The Morgan fingerprint density at radius 1 is 1.60 bits per heavy atom. The molecular formula is C10H17N3O2. The first-order valence-electron chi connectivity index (χ1n) is 5.43. The van der Waals surface area contributed by atoms with Gasteiger partial charge in [0.05, 0.1) is 12.5 Å². The summed E-state index contributed by atoms with van der Waals surface area (Å²) in [6.07, 6.45) is 3.20. The van der Waals surface area contributed by atoms with Gasteiger partial charge in [-0.3, -0.25) is 0 Å². The molecule has 0 aromatic carbocycles. The molecule has 2 N–H and O–H groups in total. The predicted molar refractivity (Wildman–Crippen MR) is 54.4 cm³/mol. The molecule has 0 amide bonds. The van der Waals surface area contributed by atoms with E-state index in [0.29, 0.717) is 18.3 Å². The van der Waals surface area contributed by atoms with Crippen molar-refractivity contribution in [2.24, 2.45) is 5.73 Å². The van der Waals surface area contributed by atoms with Gasteiger partial charge in [0, 0.05) is 19.1 Å². The largest absolute Gasteiger partial charge is 0.378 e. The molecule has 2 unspecified atom stereocenters. The van der Waals surface area contributed by atoms with Crippen molar-refractivity contribution in [1.82, 2.24) is 10.1 Å². The number of nitrogens with two attached hydrogens (primary N) is 1. The average Bonchev–Trinajstić information content (AvgIpc) is 2.88. The Balaban J connectivity index is 1.94. The Morgan fingerprint density at radius 3 is 3.13 bits per heavy atom. The molecule has 1 aliphatic heterocycles. The summed E-state index contributed by atoms with van der Waals surface area (Å²) in [5.41, 5.74) is 5.53. The molecule has 1 aliphatic rings. The minimum atomic E-state index is 0.159. The molecule has 15 heavy (non-hydrogen) atoms. The van der Waals surface area contributed by atoms with Crippen LogP contribution in [0.5, 0.6) is 0 Å². The highest BCUT2D eigenvalue weighted by molar-refractivity contribution is 4.95. The zero-order valence-corrected chi connectivity index (χ0v) is 8.98. The first-order valence-corrected chi connectivity index (χ1v) is 5.43. The molecule has 5 heteroatoms. The molecule has 1 fully saturated rings. The molecule has 0 saturated carbocycles. The van der Waals surface area contributed by atoms with Crippen LogP contribution >= 0.6 is 0 Å². The first kappa shape index (κ1) is 10.6. The lowest BCUT2D eigenvalue weighted by atomic mass is 10.1. The van der Waals surface area contributed by atoms with Gasteiger partial charge in [0.15, 0.2) is 5.82 Å². The van der Waals surface area contributed by atoms with Crippen LogP contribution < -0.4 is 5.73 Å². The van der Waals surface area contributed by atoms with E-state index in [1.54, 1.807) is 0 Å². The summed E-state index contributed by atoms with van der Waals surface area (Å²) in [4.78, 5) is 4.31. The molecule has 1 aromatic rings. The van der Waals surface area contributed by atoms with Crippen LogP contribution in [0.15, 0.2) is 4.52 Å². The average molecular weight is 211 g/mol. The maximum atomic E-state index is 5.53. The van der Waals surface area contributed by atoms with Crippen LogP contribution in [0.3, 0.4) is 0 Å². The van der Waals surface area contributed by atoms with Crippen molar-refractivity contribution >= 4 is 0 Å². The van der Waals surface area contributed by atoms with Gasteiger partial charge in [-0.2, -0.15) is 4.98 Å². The summed E-state index contributed by atoms with van der Waals surface area (Å²) >= 11 is 0. The second-order valence-electron chi connectivity index (χ2n) is 4.02. The third-order valence-corrected chi connectivity index (χ3v) is 2.70. The summed E-state index contributed by atoms with van der Waals surface area (Å²) in [5, 5.41) is 3.91. The van der Waals surface area contributed by atoms with E-state index < -0.39 is 0 Å². The number of aromatic nitrogens is 2. The standard InChI is InChI=1S/C10H17N3O2/c1-7(6-11)10-12-9(15-13-10)5-8-3-2-4-14-8/h7-8H,2-6,11H2,1H3. The number of ether oxygens (including phenoxy) is 1. The van der Waals surface area contributed by atoms with Gasteiger partial charge >= 0.3 is 0 Å². The molecule has 2 rings (SSSR count). The number of nitrogens with zero attached hydrogens (tertiary/aromatic N) is 2. The zero-order chi connectivity index (χ0) is 10.7. The zero-order valence-electron chi connectivity index (χ0n) is 8.98. The molecule has 1 aromatic heterocycles. The van der Waals surface area contributed by atoms with E-state index in [1.807, 2.05) is 6.92 Å². The van der Waals surface area contributed by atoms with Gasteiger partial charge in [-0.25, -0.2) is 0 Å². The lowest BCUT2D eigenvalue weighted by Gasteiger charge is -2.04. The minimum Gasteiger partial charge on any atom is -0.378 e. The third kappa shape index (κ3) is 2.54. The van der Waals surface area contributed by atoms with E-state index in [-0.39, 0.29) is 12.0 Å². The fourth-order valence-electron chi connectivity index (χ4n) is 1.66. The topological polar surface area (TPSA) is 74.2 Å². The Hall–Kier alpha value is -0.940. The Bertz CT molecular complexity index is 307. The summed E-state index contributed by atoms with van der Waals surface area (Å²) in [6.45, 7) is 3.38. The van der Waals surface area contributed by atoms with Crippen molar-refractivity contribution < 1.29 is 9.26 Å². The van der Waals surface area contributed by atoms with Gasteiger partial charge in [0.25, 0.3) is 0 Å². The monoisotopic (exact) mass is 211 g/mol. The van der Waals surface area contributed by atoms with Crippen LogP contribution in [0.25, 0.3) is 0 Å². The Morgan fingerprint density at radius 2 is 2.47 bits per heavy atom. The van der Waals surface area contributed by atoms with Crippen molar-refractivity contribution in [2.45, 2.75) is 38.2 Å². The van der Waals surface area contributed by atoms with E-state index in [2.05, 4.69) is 10.1 Å². The SMILES string of the molecule is CC(CN)c1noc(CC2CCCO2)n1. The maximum absolute atomic E-state index is 5.53. The van der Waals surface area contributed by atoms with E-state index >= 15 is 0 Å². The van der Waals surface area contributed by atoms with Gasteiger partial charge in [-0.1, -0.05) is 12.1 Å². The van der Waals surface area contributed by atoms with Gasteiger partial charge in [-0.05, 0) is 12.8 Å². The molecule has 0 aliphatic carbocycles. The van der Waals surface area contributed by atoms with Crippen molar-refractivity contribution in [3.05, 3.63) is 11.7 Å². The normalized spacial score (nSPS) is 23.2. The van der Waals surface area contributed by atoms with Gasteiger partial charge < -0.3 is 15.0 Å². The van der Waals surface area contributed by atoms with Gasteiger partial charge in [-0.15, -0.1) is 0 Å². The van der Waals surface area contributed by atoms with E-state index in [0.717, 1.165) is 25.9 Å². The molecular weight excluding hydrogens is 194 g/mol. The molecule has 0 spiro atoms. The van der Waals surface area contributed by atoms with Crippen molar-refractivity contribution in [3.63, 3.8) is 0 Å². The molecule has 2 heterocycles. The smallest absolute Gasteiger partial charge is 0.229 e. The second kappa shape index (κ2) is 4.72. The fraction of sp³-hybridized carbons (Fsp3) is 0.800. The van der Waals surface area contributed by atoms with Crippen LogP contribution in [-0.4, -0.2) is 29.4 Å². The molecule has 0 bridgehead atoms. The van der Waals surface area contributed by atoms with Crippen LogP contribution in [0.1, 0.15) is 37.4 Å². The summed E-state index contributed by atoms with van der Waals surface area (Å²) in [5.74, 6) is 1.52. The highest BCUT2D eigenvalue weighted by atomic mass is 16.5. The Labute approximate surface area is 89.0 Å². The highest BCUT2D eigenvalue weighted by Crippen LogP contribution is 2.17. The predicted octanol–water partition coefficient (Wildman–Crippen LogP) is 0.853. The molecule has 1 saturated heterocycles. The van der Waals surface area contributed by atoms with Crippen LogP contribution in [-0.2, 0) is 11.2 Å². The molecule has 0 radical (unpaired) electrons. The van der Waals surface area contributed by atoms with Crippen molar-refractivity contribution in [3.8, 4) is 0 Å². The van der Waals surface area contributed by atoms with E-state index in [4.69, 9.17) is 15.0 Å². The summed E-state index contributed by atoms with van der Waals surface area (Å²) in [7, 11) is 0. The van der Waals surface area contributed by atoms with E-state index in [9.17, 15) is 0 Å². The maximum Gasteiger partial charge on any atom is 0.229 e. The van der Waals surface area contributed by atoms with Gasteiger partial charge in [0.2, 0.25) is 5.89 Å². The third-order valence-electron chi connectivity index (χ3n) is 2.70. The van der Waals surface area contributed by atoms with Crippen LogP contribution in [0.4, 0.5) is 0 Å². The lowest BCUT2D eigenvalue weighted by molar-refractivity contribution is 0.104. The summed E-state index contributed by atoms with van der Waals surface area (Å²) < 4.78 is 10.7. The fourth-order valence-corrected chi connectivity index (χ4v) is 1.66. The molecule has 2 atom stereocenters. The second-order valence-corrected chi connectivity index (χ2v) is 4.02.